The SMILES string of the molecule is COc1ccncc1-c1ccc(N2C(=O)[C@H](SC[C@H](O)c3ccc(F)cc3)[C@H]2c2ccc(O)cc2)cc1. The maximum Gasteiger partial charge on any atom is 0.243 e. The number of aromatic nitrogens is 1. The summed E-state index contributed by atoms with van der Waals surface area (Å²) in [5.74, 6) is 0.701. The number of phenols is 1. The highest BCUT2D eigenvalue weighted by Gasteiger charge is 2.49. The molecule has 3 aromatic carbocycles. The van der Waals surface area contributed by atoms with Gasteiger partial charge in [-0.3, -0.25) is 9.78 Å². The molecule has 0 bridgehead atoms. The summed E-state index contributed by atoms with van der Waals surface area (Å²) in [4.78, 5) is 19.3. The maximum absolute atomic E-state index is 13.4. The number of phenolic OH excluding ortho intramolecular Hbond substituents is 1. The smallest absolute Gasteiger partial charge is 0.243 e. The number of aliphatic hydroxyl groups is 1. The summed E-state index contributed by atoms with van der Waals surface area (Å²) in [5, 5.41) is 20.0. The predicted octanol–water partition coefficient (Wildman–Crippen LogP) is 5.53. The number of aliphatic hydroxyl groups excluding tert-OH is 1. The van der Waals surface area contributed by atoms with Crippen LogP contribution in [0.25, 0.3) is 11.1 Å². The van der Waals surface area contributed by atoms with E-state index in [1.54, 1.807) is 66.9 Å². The zero-order chi connectivity index (χ0) is 25.9. The molecule has 6 nitrogen and oxygen atoms in total. The van der Waals surface area contributed by atoms with Gasteiger partial charge in [-0.2, -0.15) is 0 Å². The second-order valence-electron chi connectivity index (χ2n) is 8.69. The van der Waals surface area contributed by atoms with Crippen LogP contribution in [0.5, 0.6) is 11.5 Å². The first-order valence-corrected chi connectivity index (χ1v) is 12.8. The monoisotopic (exact) mass is 516 g/mol. The molecule has 8 heteroatoms. The Hall–Kier alpha value is -3.88. The van der Waals surface area contributed by atoms with Gasteiger partial charge in [0.1, 0.15) is 22.6 Å². The number of carbonyl (C=O) groups excluding carboxylic acids is 1. The van der Waals surface area contributed by atoms with Crippen molar-refractivity contribution in [3.8, 4) is 22.6 Å². The van der Waals surface area contributed by atoms with Gasteiger partial charge in [0.25, 0.3) is 0 Å². The largest absolute Gasteiger partial charge is 0.508 e. The molecule has 188 valence electrons. The number of carbonyl (C=O) groups is 1. The number of aromatic hydroxyl groups is 1. The zero-order valence-corrected chi connectivity index (χ0v) is 20.8. The van der Waals surface area contributed by atoms with Crippen molar-refractivity contribution in [3.05, 3.63) is 108 Å². The Morgan fingerprint density at radius 3 is 2.41 bits per heavy atom. The van der Waals surface area contributed by atoms with Gasteiger partial charge in [0.2, 0.25) is 5.91 Å². The molecule has 1 aromatic heterocycles. The third-order valence-corrected chi connectivity index (χ3v) is 7.75. The topological polar surface area (TPSA) is 82.9 Å². The number of ether oxygens (including phenoxy) is 1. The number of anilines is 1. The second kappa shape index (κ2) is 10.6. The lowest BCUT2D eigenvalue weighted by molar-refractivity contribution is -0.123. The maximum atomic E-state index is 13.4. The summed E-state index contributed by atoms with van der Waals surface area (Å²) in [6.45, 7) is 0. The summed E-state index contributed by atoms with van der Waals surface area (Å²) >= 11 is 1.37. The minimum absolute atomic E-state index is 0.0684. The Morgan fingerprint density at radius 2 is 1.73 bits per heavy atom. The fourth-order valence-corrected chi connectivity index (χ4v) is 5.76. The van der Waals surface area contributed by atoms with E-state index in [2.05, 4.69) is 4.98 Å². The van der Waals surface area contributed by atoms with E-state index < -0.39 is 11.4 Å². The van der Waals surface area contributed by atoms with Crippen LogP contribution in [0.1, 0.15) is 23.3 Å². The quantitative estimate of drug-likeness (QED) is 0.300. The van der Waals surface area contributed by atoms with E-state index in [0.29, 0.717) is 11.3 Å². The van der Waals surface area contributed by atoms with E-state index in [0.717, 1.165) is 22.4 Å². The summed E-state index contributed by atoms with van der Waals surface area (Å²) in [6.07, 6.45) is 2.57. The lowest BCUT2D eigenvalue weighted by Crippen LogP contribution is -2.57. The molecular formula is C29H25FN2O4S. The fourth-order valence-electron chi connectivity index (χ4n) is 4.46. The summed E-state index contributed by atoms with van der Waals surface area (Å²) in [7, 11) is 1.61. The van der Waals surface area contributed by atoms with Gasteiger partial charge in [0, 0.05) is 29.4 Å². The first-order valence-electron chi connectivity index (χ1n) is 11.7. The average Bonchev–Trinajstić information content (AvgIpc) is 2.93. The Balaban J connectivity index is 1.38. The van der Waals surface area contributed by atoms with Crippen molar-refractivity contribution in [2.75, 3.05) is 17.8 Å². The van der Waals surface area contributed by atoms with Crippen LogP contribution in [-0.2, 0) is 4.79 Å². The number of benzene rings is 3. The van der Waals surface area contributed by atoms with Crippen LogP contribution in [0.3, 0.4) is 0 Å². The van der Waals surface area contributed by atoms with Crippen molar-refractivity contribution in [1.82, 2.24) is 4.98 Å². The normalized spacial score (nSPS) is 17.8. The predicted molar refractivity (Wildman–Crippen MR) is 142 cm³/mol. The Kier molecular flexibility index (Phi) is 7.12. The van der Waals surface area contributed by atoms with Crippen LogP contribution in [0.15, 0.2) is 91.3 Å². The number of hydrogen-bond acceptors (Lipinski definition) is 6. The summed E-state index contributed by atoms with van der Waals surface area (Å²) in [6, 6.07) is 21.7. The van der Waals surface area contributed by atoms with Gasteiger partial charge in [-0.05, 0) is 59.2 Å². The van der Waals surface area contributed by atoms with Crippen LogP contribution in [0.4, 0.5) is 10.1 Å². The number of hydrogen-bond donors (Lipinski definition) is 2. The van der Waals surface area contributed by atoms with Crippen molar-refractivity contribution in [2.24, 2.45) is 0 Å². The first kappa shape index (κ1) is 24.8. The molecule has 0 radical (unpaired) electrons. The molecule has 1 amide bonds. The number of thioether (sulfide) groups is 1. The summed E-state index contributed by atoms with van der Waals surface area (Å²) in [5.41, 5.74) is 3.98. The molecule has 1 saturated heterocycles. The molecule has 2 heterocycles. The van der Waals surface area contributed by atoms with Crippen LogP contribution < -0.4 is 9.64 Å². The van der Waals surface area contributed by atoms with Crippen molar-refractivity contribution >= 4 is 23.4 Å². The number of pyridine rings is 1. The number of halogens is 1. The van der Waals surface area contributed by atoms with E-state index in [4.69, 9.17) is 4.74 Å². The molecule has 0 unspecified atom stereocenters. The zero-order valence-electron chi connectivity index (χ0n) is 20.0. The molecular weight excluding hydrogens is 491 g/mol. The molecule has 5 rings (SSSR count). The molecule has 1 aliphatic heterocycles. The first-order chi connectivity index (χ1) is 18.0. The molecule has 0 aliphatic carbocycles. The van der Waals surface area contributed by atoms with Crippen LogP contribution in [0.2, 0.25) is 0 Å². The van der Waals surface area contributed by atoms with Crippen molar-refractivity contribution < 1.29 is 24.1 Å². The molecule has 37 heavy (non-hydrogen) atoms. The minimum Gasteiger partial charge on any atom is -0.508 e. The van der Waals surface area contributed by atoms with Crippen molar-refractivity contribution in [3.63, 3.8) is 0 Å². The molecule has 0 saturated carbocycles. The molecule has 3 atom stereocenters. The third kappa shape index (κ3) is 5.03. The van der Waals surface area contributed by atoms with Crippen LogP contribution in [-0.4, -0.2) is 39.2 Å². The van der Waals surface area contributed by atoms with Gasteiger partial charge in [-0.1, -0.05) is 36.4 Å². The third-order valence-electron chi connectivity index (χ3n) is 6.43. The number of β-lactam (4-membered cyclic amide) rings is 1. The van der Waals surface area contributed by atoms with E-state index in [1.807, 2.05) is 24.3 Å². The van der Waals surface area contributed by atoms with Crippen LogP contribution in [0, 0.1) is 5.82 Å². The van der Waals surface area contributed by atoms with Gasteiger partial charge in [0.15, 0.2) is 0 Å². The Bertz CT molecular complexity index is 1380. The molecule has 0 spiro atoms. The molecule has 2 N–H and O–H groups in total. The highest BCUT2D eigenvalue weighted by molar-refractivity contribution is 8.00. The molecule has 4 aromatic rings. The van der Waals surface area contributed by atoms with E-state index in [1.165, 1.54) is 23.9 Å². The van der Waals surface area contributed by atoms with E-state index in [9.17, 15) is 19.4 Å². The number of methoxy groups -OCH3 is 1. The number of amides is 1. The standard InChI is InChI=1S/C29H25FN2O4S/c1-36-26-14-15-31-16-24(26)18-4-10-22(11-5-18)32-27(20-6-12-23(33)13-7-20)28(29(32)35)37-17-25(34)19-2-8-21(30)9-3-19/h2-16,25,27-28,33-34H,17H2,1H3/t25-,27+,28+/m0/s1. The van der Waals surface area contributed by atoms with Gasteiger partial charge in [-0.15, -0.1) is 11.8 Å². The lowest BCUT2D eigenvalue weighted by atomic mass is 9.92. The number of rotatable bonds is 8. The number of nitrogens with zero attached hydrogens (tertiary/aromatic N) is 2. The van der Waals surface area contributed by atoms with Crippen LogP contribution >= 0.6 is 11.8 Å². The average molecular weight is 517 g/mol. The highest BCUT2D eigenvalue weighted by Crippen LogP contribution is 2.46. The van der Waals surface area contributed by atoms with Gasteiger partial charge in [0.05, 0.1) is 19.3 Å². The van der Waals surface area contributed by atoms with E-state index in [-0.39, 0.29) is 29.3 Å². The van der Waals surface area contributed by atoms with E-state index >= 15 is 0 Å². The van der Waals surface area contributed by atoms with Gasteiger partial charge in [-0.25, -0.2) is 4.39 Å². The van der Waals surface area contributed by atoms with Gasteiger partial charge < -0.3 is 19.8 Å². The molecule has 1 fully saturated rings. The van der Waals surface area contributed by atoms with Crippen molar-refractivity contribution in [2.45, 2.75) is 17.4 Å². The fraction of sp³-hybridized carbons (Fsp3) is 0.172. The lowest BCUT2D eigenvalue weighted by Gasteiger charge is -2.47. The Labute approximate surface area is 218 Å². The Morgan fingerprint density at radius 1 is 1.03 bits per heavy atom. The minimum atomic E-state index is -0.832. The summed E-state index contributed by atoms with van der Waals surface area (Å²) < 4.78 is 18.7. The second-order valence-corrected chi connectivity index (χ2v) is 9.86. The van der Waals surface area contributed by atoms with Gasteiger partial charge >= 0.3 is 0 Å². The highest BCUT2D eigenvalue weighted by atomic mass is 32.2. The van der Waals surface area contributed by atoms with Crippen molar-refractivity contribution in [1.29, 1.82) is 0 Å². The molecule has 1 aliphatic rings.